The van der Waals surface area contributed by atoms with Crippen LogP contribution >= 0.6 is 11.6 Å². The summed E-state index contributed by atoms with van der Waals surface area (Å²) in [5.74, 6) is -1.88. The molecular formula is C18H19ClN2O5. The fourth-order valence-corrected chi connectivity index (χ4v) is 2.20. The van der Waals surface area contributed by atoms with E-state index in [4.69, 9.17) is 20.8 Å². The Morgan fingerprint density at radius 3 is 2.42 bits per heavy atom. The number of hydrogen-bond acceptors (Lipinski definition) is 5. The van der Waals surface area contributed by atoms with Gasteiger partial charge in [-0.05, 0) is 42.3 Å². The first kappa shape index (κ1) is 19.5. The highest BCUT2D eigenvalue weighted by Crippen LogP contribution is 2.13. The molecule has 0 fully saturated rings. The second kappa shape index (κ2) is 9.05. The summed E-state index contributed by atoms with van der Waals surface area (Å²) in [7, 11) is 0. The third-order valence-corrected chi connectivity index (χ3v) is 3.68. The SMILES string of the molecule is CC(C)[C@H](NC(=O)c1ccco1)C(=O)OCC(=O)Nc1ccc(Cl)cc1. The van der Waals surface area contributed by atoms with Crippen LogP contribution in [0.2, 0.25) is 5.02 Å². The number of hydrogen-bond donors (Lipinski definition) is 2. The van der Waals surface area contributed by atoms with Gasteiger partial charge in [0.05, 0.1) is 6.26 Å². The highest BCUT2D eigenvalue weighted by Gasteiger charge is 2.27. The van der Waals surface area contributed by atoms with Crippen molar-refractivity contribution in [2.24, 2.45) is 5.92 Å². The summed E-state index contributed by atoms with van der Waals surface area (Å²) >= 11 is 5.77. The van der Waals surface area contributed by atoms with E-state index >= 15 is 0 Å². The highest BCUT2D eigenvalue weighted by molar-refractivity contribution is 6.30. The maximum absolute atomic E-state index is 12.2. The van der Waals surface area contributed by atoms with Gasteiger partial charge in [-0.3, -0.25) is 9.59 Å². The molecule has 2 N–H and O–H groups in total. The van der Waals surface area contributed by atoms with Crippen molar-refractivity contribution in [3.63, 3.8) is 0 Å². The van der Waals surface area contributed by atoms with Gasteiger partial charge in [-0.1, -0.05) is 25.4 Å². The number of carbonyl (C=O) groups is 3. The zero-order chi connectivity index (χ0) is 19.1. The van der Waals surface area contributed by atoms with E-state index < -0.39 is 30.4 Å². The van der Waals surface area contributed by atoms with Gasteiger partial charge in [0.2, 0.25) is 0 Å². The lowest BCUT2D eigenvalue weighted by Gasteiger charge is -2.20. The fourth-order valence-electron chi connectivity index (χ4n) is 2.07. The van der Waals surface area contributed by atoms with Crippen LogP contribution in [0.4, 0.5) is 5.69 Å². The summed E-state index contributed by atoms with van der Waals surface area (Å²) in [6.45, 7) is 3.03. The second-order valence-electron chi connectivity index (χ2n) is 5.84. The Morgan fingerprint density at radius 2 is 1.85 bits per heavy atom. The van der Waals surface area contributed by atoms with Crippen LogP contribution in [0.25, 0.3) is 0 Å². The van der Waals surface area contributed by atoms with Crippen LogP contribution in [-0.4, -0.2) is 30.4 Å². The number of esters is 1. The number of ether oxygens (including phenoxy) is 1. The Balaban J connectivity index is 1.87. The van der Waals surface area contributed by atoms with E-state index in [1.807, 2.05) is 0 Å². The minimum absolute atomic E-state index is 0.0870. The van der Waals surface area contributed by atoms with Crippen LogP contribution in [0.1, 0.15) is 24.4 Å². The molecule has 2 amide bonds. The molecule has 0 unspecified atom stereocenters. The van der Waals surface area contributed by atoms with Crippen molar-refractivity contribution in [3.05, 3.63) is 53.4 Å². The van der Waals surface area contributed by atoms with Gasteiger partial charge < -0.3 is 19.8 Å². The maximum Gasteiger partial charge on any atom is 0.329 e. The van der Waals surface area contributed by atoms with E-state index in [-0.39, 0.29) is 11.7 Å². The molecule has 8 heteroatoms. The lowest BCUT2D eigenvalue weighted by atomic mass is 10.0. The van der Waals surface area contributed by atoms with E-state index in [1.54, 1.807) is 44.2 Å². The van der Waals surface area contributed by atoms with Gasteiger partial charge >= 0.3 is 5.97 Å². The number of benzene rings is 1. The van der Waals surface area contributed by atoms with E-state index in [0.717, 1.165) is 0 Å². The van der Waals surface area contributed by atoms with Gasteiger partial charge in [0.25, 0.3) is 11.8 Å². The van der Waals surface area contributed by atoms with Crippen LogP contribution in [-0.2, 0) is 14.3 Å². The molecule has 0 aliphatic heterocycles. The molecule has 0 aliphatic carbocycles. The van der Waals surface area contributed by atoms with Gasteiger partial charge in [-0.15, -0.1) is 0 Å². The van der Waals surface area contributed by atoms with Crippen molar-refractivity contribution in [3.8, 4) is 0 Å². The van der Waals surface area contributed by atoms with Crippen molar-refractivity contribution in [2.75, 3.05) is 11.9 Å². The van der Waals surface area contributed by atoms with Crippen molar-refractivity contribution >= 4 is 35.1 Å². The molecule has 0 radical (unpaired) electrons. The maximum atomic E-state index is 12.2. The molecule has 0 saturated heterocycles. The Labute approximate surface area is 155 Å². The third-order valence-electron chi connectivity index (χ3n) is 3.43. The number of amides is 2. The summed E-state index contributed by atoms with van der Waals surface area (Å²) < 4.78 is 10.0. The molecule has 7 nitrogen and oxygen atoms in total. The Hall–Kier alpha value is -2.80. The summed E-state index contributed by atoms with van der Waals surface area (Å²) in [4.78, 5) is 36.1. The molecule has 26 heavy (non-hydrogen) atoms. The molecule has 138 valence electrons. The monoisotopic (exact) mass is 378 g/mol. The number of anilines is 1. The number of furan rings is 1. The second-order valence-corrected chi connectivity index (χ2v) is 6.27. The molecule has 0 aliphatic rings. The highest BCUT2D eigenvalue weighted by atomic mass is 35.5. The summed E-state index contributed by atoms with van der Waals surface area (Å²) in [6.07, 6.45) is 1.36. The van der Waals surface area contributed by atoms with Crippen molar-refractivity contribution in [1.29, 1.82) is 0 Å². The van der Waals surface area contributed by atoms with Gasteiger partial charge in [0.1, 0.15) is 6.04 Å². The minimum Gasteiger partial charge on any atom is -0.459 e. The molecule has 0 saturated carbocycles. The average Bonchev–Trinajstić information content (AvgIpc) is 3.14. The van der Waals surface area contributed by atoms with Gasteiger partial charge in [0, 0.05) is 10.7 Å². The normalized spacial score (nSPS) is 11.7. The quantitative estimate of drug-likeness (QED) is 0.722. The first-order valence-corrected chi connectivity index (χ1v) is 8.31. The number of nitrogens with one attached hydrogen (secondary N) is 2. The molecule has 1 aromatic heterocycles. The molecule has 1 aromatic carbocycles. The molecule has 0 spiro atoms. The molecule has 0 bridgehead atoms. The largest absolute Gasteiger partial charge is 0.459 e. The summed E-state index contributed by atoms with van der Waals surface area (Å²) in [5.41, 5.74) is 0.530. The number of rotatable bonds is 7. The van der Waals surface area contributed by atoms with Gasteiger partial charge in [-0.25, -0.2) is 4.79 Å². The third kappa shape index (κ3) is 5.63. The van der Waals surface area contributed by atoms with Crippen LogP contribution in [0.3, 0.4) is 0 Å². The van der Waals surface area contributed by atoms with E-state index in [1.165, 1.54) is 12.3 Å². The summed E-state index contributed by atoms with van der Waals surface area (Å²) in [6, 6.07) is 8.65. The molecule has 1 heterocycles. The Bertz CT molecular complexity index is 756. The van der Waals surface area contributed by atoms with Gasteiger partial charge in [-0.2, -0.15) is 0 Å². The smallest absolute Gasteiger partial charge is 0.329 e. The van der Waals surface area contributed by atoms with Crippen LogP contribution in [0.15, 0.2) is 47.1 Å². The first-order chi connectivity index (χ1) is 12.4. The van der Waals surface area contributed by atoms with Crippen molar-refractivity contribution in [1.82, 2.24) is 5.32 Å². The predicted molar refractivity (Wildman–Crippen MR) is 95.8 cm³/mol. The zero-order valence-corrected chi connectivity index (χ0v) is 15.1. The molecule has 2 rings (SSSR count). The lowest BCUT2D eigenvalue weighted by Crippen LogP contribution is -2.45. The van der Waals surface area contributed by atoms with Crippen LogP contribution in [0.5, 0.6) is 0 Å². The Kier molecular flexibility index (Phi) is 6.80. The minimum atomic E-state index is -0.907. The van der Waals surface area contributed by atoms with E-state index in [0.29, 0.717) is 10.7 Å². The van der Waals surface area contributed by atoms with Crippen molar-refractivity contribution in [2.45, 2.75) is 19.9 Å². The van der Waals surface area contributed by atoms with E-state index in [9.17, 15) is 14.4 Å². The van der Waals surface area contributed by atoms with E-state index in [2.05, 4.69) is 10.6 Å². The topological polar surface area (TPSA) is 97.6 Å². The number of halogens is 1. The summed E-state index contributed by atoms with van der Waals surface area (Å²) in [5, 5.41) is 5.67. The average molecular weight is 379 g/mol. The molecule has 1 atom stereocenters. The standard InChI is InChI=1S/C18H19ClN2O5/c1-11(2)16(21-17(23)14-4-3-9-25-14)18(24)26-10-15(22)20-13-7-5-12(19)6-8-13/h3-9,11,16H,10H2,1-2H3,(H,20,22)(H,21,23)/t16-/m0/s1. The predicted octanol–water partition coefficient (Wildman–Crippen LogP) is 2.87. The Morgan fingerprint density at radius 1 is 1.15 bits per heavy atom. The van der Waals surface area contributed by atoms with Gasteiger partial charge in [0.15, 0.2) is 12.4 Å². The van der Waals surface area contributed by atoms with Crippen molar-refractivity contribution < 1.29 is 23.5 Å². The zero-order valence-electron chi connectivity index (χ0n) is 14.3. The van der Waals surface area contributed by atoms with Crippen LogP contribution in [0, 0.1) is 5.92 Å². The van der Waals surface area contributed by atoms with Crippen LogP contribution < -0.4 is 10.6 Å². The number of carbonyl (C=O) groups excluding carboxylic acids is 3. The first-order valence-electron chi connectivity index (χ1n) is 7.93. The molecular weight excluding hydrogens is 360 g/mol. The lowest BCUT2D eigenvalue weighted by molar-refractivity contribution is -0.150. The molecule has 2 aromatic rings. The fraction of sp³-hybridized carbons (Fsp3) is 0.278.